The average molecular weight is 441 g/mol. The highest BCUT2D eigenvalue weighted by Gasteiger charge is 2.17. The van der Waals surface area contributed by atoms with Crippen LogP contribution in [0, 0.1) is 0 Å². The van der Waals surface area contributed by atoms with Gasteiger partial charge in [0.05, 0.1) is 18.0 Å². The first-order valence-electron chi connectivity index (χ1n) is 10.2. The fourth-order valence-corrected chi connectivity index (χ4v) is 4.45. The summed E-state index contributed by atoms with van der Waals surface area (Å²) < 4.78 is 1.87. The van der Waals surface area contributed by atoms with E-state index in [0.29, 0.717) is 23.5 Å². The van der Waals surface area contributed by atoms with Crippen molar-refractivity contribution in [2.75, 3.05) is 16.4 Å². The molecule has 0 atom stereocenters. The molecule has 32 heavy (non-hydrogen) atoms. The number of aromatic nitrogens is 2. The number of hydrogen-bond donors (Lipinski definition) is 2. The Bertz CT molecular complexity index is 1280. The quantitative estimate of drug-likeness (QED) is 0.463. The fourth-order valence-electron chi connectivity index (χ4n) is 3.66. The molecule has 4 aromatic rings. The van der Waals surface area contributed by atoms with Crippen LogP contribution in [0.4, 0.5) is 11.4 Å². The van der Waals surface area contributed by atoms with Gasteiger partial charge in [-0.2, -0.15) is 5.10 Å². The molecule has 3 aromatic carbocycles. The lowest BCUT2D eigenvalue weighted by atomic mass is 9.98. The molecule has 2 amide bonds. The molecule has 2 N–H and O–H groups in total. The minimum absolute atomic E-state index is 0.0349. The lowest BCUT2D eigenvalue weighted by Crippen LogP contribution is -2.19. The monoisotopic (exact) mass is 440 g/mol. The number of hydrogen-bond acceptors (Lipinski definition) is 4. The predicted molar refractivity (Wildman–Crippen MR) is 127 cm³/mol. The third-order valence-electron chi connectivity index (χ3n) is 5.21. The van der Waals surface area contributed by atoms with Crippen molar-refractivity contribution >= 4 is 35.0 Å². The van der Waals surface area contributed by atoms with Crippen molar-refractivity contribution in [2.45, 2.75) is 11.4 Å². The number of nitrogens with one attached hydrogen (secondary N) is 2. The number of carbonyl (C=O) groups is 2. The topological polar surface area (TPSA) is 76.0 Å². The lowest BCUT2D eigenvalue weighted by molar-refractivity contribution is -0.113. The van der Waals surface area contributed by atoms with Crippen LogP contribution in [-0.4, -0.2) is 27.3 Å². The van der Waals surface area contributed by atoms with E-state index in [9.17, 15) is 9.59 Å². The number of thioether (sulfide) groups is 1. The number of amides is 2. The third-order valence-corrected chi connectivity index (χ3v) is 6.28. The summed E-state index contributed by atoms with van der Waals surface area (Å²) in [5, 5.41) is 10.1. The van der Waals surface area contributed by atoms with E-state index >= 15 is 0 Å². The van der Waals surface area contributed by atoms with Crippen molar-refractivity contribution in [1.29, 1.82) is 0 Å². The van der Waals surface area contributed by atoms with Gasteiger partial charge in [-0.1, -0.05) is 42.5 Å². The standard InChI is InChI=1S/C25H20N4O2S/c30-24-16-32-23-11-10-19(14-22(23)28-24)27-25(31)21-5-2-1-4-20(21)18-8-6-17(7-9-18)15-29-13-3-12-26-29/h1-14H,15-16H2,(H,27,31)(H,28,30). The molecule has 0 bridgehead atoms. The Kier molecular flexibility index (Phi) is 5.47. The second-order valence-electron chi connectivity index (χ2n) is 7.45. The molecule has 5 rings (SSSR count). The van der Waals surface area contributed by atoms with E-state index < -0.39 is 0 Å². The minimum atomic E-state index is -0.198. The molecule has 2 heterocycles. The highest BCUT2D eigenvalue weighted by molar-refractivity contribution is 8.00. The fraction of sp³-hybridized carbons (Fsp3) is 0.0800. The van der Waals surface area contributed by atoms with Gasteiger partial charge in [0, 0.05) is 28.5 Å². The van der Waals surface area contributed by atoms with Crippen LogP contribution in [0.1, 0.15) is 15.9 Å². The molecule has 0 aliphatic carbocycles. The van der Waals surface area contributed by atoms with Gasteiger partial charge < -0.3 is 10.6 Å². The summed E-state index contributed by atoms with van der Waals surface area (Å²) in [4.78, 5) is 25.8. The molecule has 0 saturated carbocycles. The molecule has 1 aliphatic rings. The molecule has 0 unspecified atom stereocenters. The molecular weight excluding hydrogens is 420 g/mol. The zero-order chi connectivity index (χ0) is 21.9. The van der Waals surface area contributed by atoms with Gasteiger partial charge in [-0.15, -0.1) is 11.8 Å². The van der Waals surface area contributed by atoms with Crippen LogP contribution in [0.15, 0.2) is 90.1 Å². The highest BCUT2D eigenvalue weighted by atomic mass is 32.2. The van der Waals surface area contributed by atoms with Crippen LogP contribution >= 0.6 is 11.8 Å². The van der Waals surface area contributed by atoms with Crippen LogP contribution in [-0.2, 0) is 11.3 Å². The van der Waals surface area contributed by atoms with Gasteiger partial charge in [0.25, 0.3) is 5.91 Å². The van der Waals surface area contributed by atoms with Gasteiger partial charge in [0.1, 0.15) is 0 Å². The molecule has 7 heteroatoms. The first kappa shape index (κ1) is 20.1. The Labute approximate surface area is 189 Å². The number of rotatable bonds is 5. The summed E-state index contributed by atoms with van der Waals surface area (Å²) in [6.45, 7) is 0.697. The number of fused-ring (bicyclic) bond motifs is 1. The zero-order valence-corrected chi connectivity index (χ0v) is 17.9. The number of carbonyl (C=O) groups excluding carboxylic acids is 2. The molecular formula is C25H20N4O2S. The summed E-state index contributed by atoms with van der Waals surface area (Å²) in [5.41, 5.74) is 4.91. The Hall–Kier alpha value is -3.84. The molecule has 0 saturated heterocycles. The molecule has 1 aromatic heterocycles. The van der Waals surface area contributed by atoms with Gasteiger partial charge >= 0.3 is 0 Å². The van der Waals surface area contributed by atoms with Gasteiger partial charge in [0.15, 0.2) is 0 Å². The van der Waals surface area contributed by atoms with E-state index in [4.69, 9.17) is 0 Å². The molecule has 0 radical (unpaired) electrons. The Morgan fingerprint density at radius 2 is 1.91 bits per heavy atom. The normalized spacial score (nSPS) is 12.7. The van der Waals surface area contributed by atoms with E-state index in [1.807, 2.05) is 65.5 Å². The molecule has 158 valence electrons. The van der Waals surface area contributed by atoms with Crippen molar-refractivity contribution in [3.8, 4) is 11.1 Å². The van der Waals surface area contributed by atoms with Gasteiger partial charge in [-0.25, -0.2) is 0 Å². The largest absolute Gasteiger partial charge is 0.324 e. The molecule has 0 spiro atoms. The maximum Gasteiger partial charge on any atom is 0.256 e. The van der Waals surface area contributed by atoms with E-state index in [1.54, 1.807) is 12.3 Å². The van der Waals surface area contributed by atoms with Gasteiger partial charge in [-0.05, 0) is 47.0 Å². The zero-order valence-electron chi connectivity index (χ0n) is 17.1. The second-order valence-corrected chi connectivity index (χ2v) is 8.47. The van der Waals surface area contributed by atoms with Gasteiger partial charge in [-0.3, -0.25) is 14.3 Å². The summed E-state index contributed by atoms with van der Waals surface area (Å²) in [5.74, 6) is 0.176. The van der Waals surface area contributed by atoms with Gasteiger partial charge in [0.2, 0.25) is 5.91 Å². The van der Waals surface area contributed by atoms with Crippen molar-refractivity contribution in [2.24, 2.45) is 0 Å². The Morgan fingerprint density at radius 3 is 2.72 bits per heavy atom. The van der Waals surface area contributed by atoms with Crippen LogP contribution in [0.2, 0.25) is 0 Å². The SMILES string of the molecule is O=C1CSc2ccc(NC(=O)c3ccccc3-c3ccc(Cn4cccn4)cc3)cc2N1. The smallest absolute Gasteiger partial charge is 0.256 e. The summed E-state index contributed by atoms with van der Waals surface area (Å²) in [7, 11) is 0. The highest BCUT2D eigenvalue weighted by Crippen LogP contribution is 2.34. The van der Waals surface area contributed by atoms with Crippen LogP contribution in [0.3, 0.4) is 0 Å². The van der Waals surface area contributed by atoms with Crippen LogP contribution in [0.25, 0.3) is 11.1 Å². The maximum atomic E-state index is 13.1. The number of benzene rings is 3. The van der Waals surface area contributed by atoms with Crippen molar-refractivity contribution in [1.82, 2.24) is 9.78 Å². The van der Waals surface area contributed by atoms with Crippen molar-refractivity contribution in [3.05, 3.63) is 96.3 Å². The van der Waals surface area contributed by atoms with Crippen molar-refractivity contribution in [3.63, 3.8) is 0 Å². The van der Waals surface area contributed by atoms with E-state index in [0.717, 1.165) is 27.3 Å². The second kappa shape index (κ2) is 8.72. The van der Waals surface area contributed by atoms with Crippen LogP contribution in [0.5, 0.6) is 0 Å². The molecule has 6 nitrogen and oxygen atoms in total. The molecule has 0 fully saturated rings. The van der Waals surface area contributed by atoms with E-state index in [-0.39, 0.29) is 11.8 Å². The van der Waals surface area contributed by atoms with E-state index in [1.165, 1.54) is 11.8 Å². The third kappa shape index (κ3) is 4.29. The van der Waals surface area contributed by atoms with Crippen molar-refractivity contribution < 1.29 is 9.59 Å². The average Bonchev–Trinajstić information content (AvgIpc) is 3.32. The lowest BCUT2D eigenvalue weighted by Gasteiger charge is -2.17. The first-order chi connectivity index (χ1) is 15.7. The summed E-state index contributed by atoms with van der Waals surface area (Å²) >= 11 is 1.49. The van der Waals surface area contributed by atoms with Crippen LogP contribution < -0.4 is 10.6 Å². The summed E-state index contributed by atoms with van der Waals surface area (Å²) in [6.07, 6.45) is 3.69. The van der Waals surface area contributed by atoms with E-state index in [2.05, 4.69) is 27.9 Å². The number of anilines is 2. The predicted octanol–water partition coefficient (Wildman–Crippen LogP) is 4.89. The number of nitrogens with zero attached hydrogens (tertiary/aromatic N) is 2. The summed E-state index contributed by atoms with van der Waals surface area (Å²) in [6, 6.07) is 23.2. The first-order valence-corrected chi connectivity index (χ1v) is 11.2. The Balaban J connectivity index is 1.37. The molecule has 1 aliphatic heterocycles. The minimum Gasteiger partial charge on any atom is -0.324 e. The maximum absolute atomic E-state index is 13.1. The Morgan fingerprint density at radius 1 is 1.06 bits per heavy atom.